The Kier molecular flexibility index (Phi) is 6.08. The second-order valence-corrected chi connectivity index (χ2v) is 7.61. The van der Waals surface area contributed by atoms with E-state index in [-0.39, 0.29) is 11.9 Å². The minimum Gasteiger partial charge on any atom is -0.486 e. The second kappa shape index (κ2) is 7.83. The zero-order valence-electron chi connectivity index (χ0n) is 13.3. The van der Waals surface area contributed by atoms with Crippen molar-refractivity contribution >= 4 is 10.0 Å². The van der Waals surface area contributed by atoms with E-state index in [4.69, 9.17) is 9.47 Å². The van der Waals surface area contributed by atoms with Gasteiger partial charge in [0.2, 0.25) is 10.0 Å². The fraction of sp³-hybridized carbons (Fsp3) is 0.625. The number of hydrogen-bond acceptors (Lipinski definition) is 4. The molecule has 0 amide bonds. The van der Waals surface area contributed by atoms with Gasteiger partial charge in [-0.15, -0.1) is 0 Å². The molecule has 1 aliphatic heterocycles. The molecule has 1 heterocycles. The normalized spacial score (nSPS) is 17.7. The van der Waals surface area contributed by atoms with Gasteiger partial charge in [0.05, 0.1) is 12.3 Å². The molecule has 0 radical (unpaired) electrons. The molecule has 0 fully saturated rings. The summed E-state index contributed by atoms with van der Waals surface area (Å²) in [6.07, 6.45) is 2.08. The maximum Gasteiger partial charge on any atom is 0.214 e. The molecular formula is C16H25NO4S. The largest absolute Gasteiger partial charge is 0.486 e. The molecule has 1 aliphatic rings. The first-order valence-corrected chi connectivity index (χ1v) is 9.54. The summed E-state index contributed by atoms with van der Waals surface area (Å²) in [5.41, 5.74) is 0. The first-order valence-electron chi connectivity index (χ1n) is 7.93. The molecule has 1 atom stereocenters. The third-order valence-electron chi connectivity index (χ3n) is 3.60. The molecule has 124 valence electrons. The fourth-order valence-corrected chi connectivity index (χ4v) is 4.20. The lowest BCUT2D eigenvalue weighted by molar-refractivity contribution is 0.0764. The number of fused-ring (bicyclic) bond motifs is 1. The third-order valence-corrected chi connectivity index (χ3v) is 5.52. The van der Waals surface area contributed by atoms with Gasteiger partial charge in [0.15, 0.2) is 11.5 Å². The van der Waals surface area contributed by atoms with E-state index in [0.717, 1.165) is 18.6 Å². The van der Waals surface area contributed by atoms with Crippen molar-refractivity contribution in [1.82, 2.24) is 4.31 Å². The van der Waals surface area contributed by atoms with Crippen molar-refractivity contribution < 1.29 is 17.9 Å². The van der Waals surface area contributed by atoms with Crippen LogP contribution in [0.25, 0.3) is 0 Å². The van der Waals surface area contributed by atoms with Gasteiger partial charge in [-0.3, -0.25) is 0 Å². The average molecular weight is 327 g/mol. The summed E-state index contributed by atoms with van der Waals surface area (Å²) in [5.74, 6) is 1.60. The van der Waals surface area contributed by atoms with E-state index < -0.39 is 10.0 Å². The lowest BCUT2D eigenvalue weighted by Crippen LogP contribution is -2.44. The Hall–Kier alpha value is -1.27. The Labute approximate surface area is 133 Å². The van der Waals surface area contributed by atoms with Crippen molar-refractivity contribution in [2.24, 2.45) is 0 Å². The van der Waals surface area contributed by atoms with Crippen LogP contribution in [0.4, 0.5) is 0 Å². The van der Waals surface area contributed by atoms with Crippen LogP contribution < -0.4 is 9.47 Å². The van der Waals surface area contributed by atoms with Gasteiger partial charge in [0, 0.05) is 6.54 Å². The van der Waals surface area contributed by atoms with Crippen LogP contribution in [0.1, 0.15) is 33.1 Å². The summed E-state index contributed by atoms with van der Waals surface area (Å²) < 4.78 is 37.9. The lowest BCUT2D eigenvalue weighted by Gasteiger charge is -2.30. The predicted octanol–water partition coefficient (Wildman–Crippen LogP) is 2.67. The van der Waals surface area contributed by atoms with Crippen molar-refractivity contribution in [3.05, 3.63) is 24.3 Å². The molecular weight excluding hydrogens is 302 g/mol. The summed E-state index contributed by atoms with van der Waals surface area (Å²) >= 11 is 0. The van der Waals surface area contributed by atoms with Gasteiger partial charge in [0.25, 0.3) is 0 Å². The second-order valence-electron chi connectivity index (χ2n) is 5.53. The number of para-hydroxylation sites is 2. The molecule has 1 aromatic rings. The minimum atomic E-state index is -3.23. The monoisotopic (exact) mass is 327 g/mol. The van der Waals surface area contributed by atoms with Crippen LogP contribution in [0.5, 0.6) is 11.5 Å². The standard InChI is InChI=1S/C16H25NO4S/c1-3-5-11-22(18,19)17(10-4-2)12-14-13-20-15-8-6-7-9-16(15)21-14/h6-9,14H,3-5,10-13H2,1-2H3. The molecule has 1 unspecified atom stereocenters. The van der Waals surface area contributed by atoms with Crippen molar-refractivity contribution in [2.45, 2.75) is 39.2 Å². The van der Waals surface area contributed by atoms with Crippen LogP contribution in [0.15, 0.2) is 24.3 Å². The molecule has 1 aromatic carbocycles. The molecule has 0 saturated heterocycles. The Bertz CT molecular complexity index is 573. The Morgan fingerprint density at radius 2 is 1.91 bits per heavy atom. The molecule has 0 aromatic heterocycles. The first kappa shape index (κ1) is 17.1. The van der Waals surface area contributed by atoms with E-state index in [1.807, 2.05) is 38.1 Å². The molecule has 0 spiro atoms. The van der Waals surface area contributed by atoms with Gasteiger partial charge in [-0.05, 0) is 25.0 Å². The smallest absolute Gasteiger partial charge is 0.214 e. The van der Waals surface area contributed by atoms with Crippen molar-refractivity contribution in [3.8, 4) is 11.5 Å². The van der Waals surface area contributed by atoms with E-state index in [0.29, 0.717) is 31.9 Å². The molecule has 0 N–H and O–H groups in total. The number of nitrogens with zero attached hydrogens (tertiary/aromatic N) is 1. The van der Waals surface area contributed by atoms with Gasteiger partial charge >= 0.3 is 0 Å². The van der Waals surface area contributed by atoms with Gasteiger partial charge in [-0.1, -0.05) is 32.4 Å². The van der Waals surface area contributed by atoms with Crippen LogP contribution in [0.3, 0.4) is 0 Å². The van der Waals surface area contributed by atoms with Crippen LogP contribution in [-0.4, -0.2) is 44.3 Å². The van der Waals surface area contributed by atoms with Crippen LogP contribution in [0.2, 0.25) is 0 Å². The molecule has 5 nitrogen and oxygen atoms in total. The molecule has 22 heavy (non-hydrogen) atoms. The first-order chi connectivity index (χ1) is 10.6. The number of unbranched alkanes of at least 4 members (excludes halogenated alkanes) is 1. The average Bonchev–Trinajstić information content (AvgIpc) is 2.52. The summed E-state index contributed by atoms with van der Waals surface area (Å²) in [7, 11) is -3.23. The highest BCUT2D eigenvalue weighted by Crippen LogP contribution is 2.31. The van der Waals surface area contributed by atoms with Crippen LogP contribution in [-0.2, 0) is 10.0 Å². The van der Waals surface area contributed by atoms with Gasteiger partial charge in [-0.25, -0.2) is 8.42 Å². The third kappa shape index (κ3) is 4.36. The minimum absolute atomic E-state index is 0.202. The van der Waals surface area contributed by atoms with Crippen molar-refractivity contribution in [2.75, 3.05) is 25.4 Å². The topological polar surface area (TPSA) is 55.8 Å². The maximum atomic E-state index is 12.4. The number of benzene rings is 1. The SMILES string of the molecule is CCCCS(=O)(=O)N(CCC)CC1COc2ccccc2O1. The maximum absolute atomic E-state index is 12.4. The van der Waals surface area contributed by atoms with Gasteiger partial charge in [0.1, 0.15) is 12.7 Å². The Morgan fingerprint density at radius 1 is 1.18 bits per heavy atom. The molecule has 2 rings (SSSR count). The molecule has 0 bridgehead atoms. The summed E-state index contributed by atoms with van der Waals surface area (Å²) in [5, 5.41) is 0. The predicted molar refractivity (Wildman–Crippen MR) is 86.9 cm³/mol. The van der Waals surface area contributed by atoms with E-state index >= 15 is 0 Å². The number of rotatable bonds is 8. The van der Waals surface area contributed by atoms with Crippen molar-refractivity contribution in [3.63, 3.8) is 0 Å². The highest BCUT2D eigenvalue weighted by molar-refractivity contribution is 7.89. The number of ether oxygens (including phenoxy) is 2. The summed E-state index contributed by atoms with van der Waals surface area (Å²) in [6, 6.07) is 7.47. The lowest BCUT2D eigenvalue weighted by atomic mass is 10.2. The van der Waals surface area contributed by atoms with Gasteiger partial charge < -0.3 is 9.47 Å². The van der Waals surface area contributed by atoms with E-state index in [1.165, 1.54) is 0 Å². The highest BCUT2D eigenvalue weighted by Gasteiger charge is 2.28. The highest BCUT2D eigenvalue weighted by atomic mass is 32.2. The van der Waals surface area contributed by atoms with Gasteiger partial charge in [-0.2, -0.15) is 4.31 Å². The van der Waals surface area contributed by atoms with E-state index in [1.54, 1.807) is 4.31 Å². The summed E-state index contributed by atoms with van der Waals surface area (Å²) in [4.78, 5) is 0. The van der Waals surface area contributed by atoms with Crippen LogP contribution in [0, 0.1) is 0 Å². The Balaban J connectivity index is 2.03. The molecule has 0 saturated carbocycles. The van der Waals surface area contributed by atoms with Crippen molar-refractivity contribution in [1.29, 1.82) is 0 Å². The van der Waals surface area contributed by atoms with E-state index in [2.05, 4.69) is 0 Å². The molecule has 6 heteroatoms. The quantitative estimate of drug-likeness (QED) is 0.736. The Morgan fingerprint density at radius 3 is 2.59 bits per heavy atom. The van der Waals surface area contributed by atoms with E-state index in [9.17, 15) is 8.42 Å². The number of hydrogen-bond donors (Lipinski definition) is 0. The zero-order valence-corrected chi connectivity index (χ0v) is 14.1. The summed E-state index contributed by atoms with van der Waals surface area (Å²) in [6.45, 7) is 5.22. The zero-order chi connectivity index (χ0) is 16.0. The number of sulfonamides is 1. The fourth-order valence-electron chi connectivity index (χ4n) is 2.43. The van der Waals surface area contributed by atoms with Crippen LogP contribution >= 0.6 is 0 Å². The molecule has 0 aliphatic carbocycles.